The molecule has 0 saturated carbocycles. The third-order valence-electron chi connectivity index (χ3n) is 3.75. The van der Waals surface area contributed by atoms with Crippen LogP contribution in [-0.4, -0.2) is 29.5 Å². The van der Waals surface area contributed by atoms with Crippen LogP contribution in [0.1, 0.15) is 45.2 Å². The average molecular weight is 267 g/mol. The Hall–Kier alpha value is -1.26. The monoisotopic (exact) mass is 267 g/mol. The van der Waals surface area contributed by atoms with Crippen LogP contribution in [0.15, 0.2) is 18.2 Å². The van der Waals surface area contributed by atoms with Gasteiger partial charge in [-0.25, -0.2) is 0 Å². The minimum Gasteiger partial charge on any atom is -0.508 e. The number of phenols is 1. The standard InChI is InChI=1S/C15H25NO3/c1-5-15(18,6-2)10-16-11(3)13-9-12(19-4)7-8-14(13)17/h7-9,11,16-18H,5-6,10H2,1-4H3. The lowest BCUT2D eigenvalue weighted by molar-refractivity contribution is 0.0302. The second-order valence-corrected chi connectivity index (χ2v) is 4.96. The van der Waals surface area contributed by atoms with Crippen molar-refractivity contribution < 1.29 is 14.9 Å². The van der Waals surface area contributed by atoms with E-state index in [-0.39, 0.29) is 11.8 Å². The Morgan fingerprint density at radius 1 is 1.32 bits per heavy atom. The van der Waals surface area contributed by atoms with Gasteiger partial charge >= 0.3 is 0 Å². The second kappa shape index (κ2) is 6.78. The quantitative estimate of drug-likeness (QED) is 0.710. The van der Waals surface area contributed by atoms with Gasteiger partial charge < -0.3 is 20.3 Å². The van der Waals surface area contributed by atoms with Crippen LogP contribution >= 0.6 is 0 Å². The van der Waals surface area contributed by atoms with E-state index in [0.29, 0.717) is 25.1 Å². The van der Waals surface area contributed by atoms with Crippen LogP contribution in [0.5, 0.6) is 11.5 Å². The Kier molecular flexibility index (Phi) is 5.63. The molecule has 0 saturated heterocycles. The van der Waals surface area contributed by atoms with Crippen molar-refractivity contribution in [1.29, 1.82) is 0 Å². The van der Waals surface area contributed by atoms with Crippen molar-refractivity contribution in [3.63, 3.8) is 0 Å². The van der Waals surface area contributed by atoms with E-state index in [1.54, 1.807) is 19.2 Å². The summed E-state index contributed by atoms with van der Waals surface area (Å²) < 4.78 is 5.16. The molecule has 0 spiro atoms. The molecule has 1 atom stereocenters. The number of aromatic hydroxyl groups is 1. The zero-order chi connectivity index (χ0) is 14.5. The molecule has 1 aromatic carbocycles. The molecule has 0 amide bonds. The molecule has 1 unspecified atom stereocenters. The first-order valence-corrected chi connectivity index (χ1v) is 6.78. The fraction of sp³-hybridized carbons (Fsp3) is 0.600. The highest BCUT2D eigenvalue weighted by molar-refractivity contribution is 5.41. The Labute approximate surface area is 115 Å². The third-order valence-corrected chi connectivity index (χ3v) is 3.75. The van der Waals surface area contributed by atoms with Gasteiger partial charge in [-0.3, -0.25) is 0 Å². The van der Waals surface area contributed by atoms with Crippen molar-refractivity contribution in [3.05, 3.63) is 23.8 Å². The lowest BCUT2D eigenvalue weighted by Gasteiger charge is -2.28. The van der Waals surface area contributed by atoms with Crippen LogP contribution in [0.3, 0.4) is 0 Å². The van der Waals surface area contributed by atoms with Gasteiger partial charge in [-0.05, 0) is 38.0 Å². The maximum Gasteiger partial charge on any atom is 0.120 e. The van der Waals surface area contributed by atoms with E-state index < -0.39 is 5.60 Å². The molecule has 1 rings (SSSR count). The highest BCUT2D eigenvalue weighted by Crippen LogP contribution is 2.28. The summed E-state index contributed by atoms with van der Waals surface area (Å²) >= 11 is 0. The fourth-order valence-electron chi connectivity index (χ4n) is 1.96. The first kappa shape index (κ1) is 15.8. The van der Waals surface area contributed by atoms with E-state index in [1.807, 2.05) is 26.8 Å². The van der Waals surface area contributed by atoms with Crippen LogP contribution < -0.4 is 10.1 Å². The van der Waals surface area contributed by atoms with E-state index in [0.717, 1.165) is 5.56 Å². The molecule has 0 radical (unpaired) electrons. The second-order valence-electron chi connectivity index (χ2n) is 4.96. The first-order chi connectivity index (χ1) is 8.95. The molecule has 3 N–H and O–H groups in total. The van der Waals surface area contributed by atoms with E-state index in [4.69, 9.17) is 4.74 Å². The molecule has 0 aliphatic rings. The van der Waals surface area contributed by atoms with E-state index in [9.17, 15) is 10.2 Å². The Morgan fingerprint density at radius 3 is 2.47 bits per heavy atom. The van der Waals surface area contributed by atoms with Crippen molar-refractivity contribution >= 4 is 0 Å². The number of hydrogen-bond acceptors (Lipinski definition) is 4. The molecule has 4 nitrogen and oxygen atoms in total. The Bertz CT molecular complexity index is 402. The van der Waals surface area contributed by atoms with Gasteiger partial charge in [0.25, 0.3) is 0 Å². The largest absolute Gasteiger partial charge is 0.508 e. The van der Waals surface area contributed by atoms with Gasteiger partial charge in [-0.1, -0.05) is 13.8 Å². The van der Waals surface area contributed by atoms with E-state index in [1.165, 1.54) is 0 Å². The number of hydrogen-bond donors (Lipinski definition) is 3. The summed E-state index contributed by atoms with van der Waals surface area (Å²) in [5.41, 5.74) is 0.0804. The zero-order valence-electron chi connectivity index (χ0n) is 12.2. The number of nitrogens with one attached hydrogen (secondary N) is 1. The summed E-state index contributed by atoms with van der Waals surface area (Å²) in [4.78, 5) is 0. The van der Waals surface area contributed by atoms with Crippen molar-refractivity contribution in [2.75, 3.05) is 13.7 Å². The minimum atomic E-state index is -0.692. The molecule has 0 bridgehead atoms. The molecule has 0 aromatic heterocycles. The predicted octanol–water partition coefficient (Wildman–Crippen LogP) is 2.60. The Balaban J connectivity index is 2.75. The van der Waals surface area contributed by atoms with Gasteiger partial charge in [-0.15, -0.1) is 0 Å². The van der Waals surface area contributed by atoms with Gasteiger partial charge in [0.05, 0.1) is 12.7 Å². The summed E-state index contributed by atoms with van der Waals surface area (Å²) in [6.07, 6.45) is 1.40. The van der Waals surface area contributed by atoms with Crippen LogP contribution in [0.25, 0.3) is 0 Å². The zero-order valence-corrected chi connectivity index (χ0v) is 12.2. The van der Waals surface area contributed by atoms with Crippen LogP contribution in [0, 0.1) is 0 Å². The summed E-state index contributed by atoms with van der Waals surface area (Å²) in [7, 11) is 1.60. The van der Waals surface area contributed by atoms with Crippen LogP contribution in [0.4, 0.5) is 0 Å². The summed E-state index contributed by atoms with van der Waals surface area (Å²) in [5, 5.41) is 23.4. The molecule has 19 heavy (non-hydrogen) atoms. The number of aliphatic hydroxyl groups is 1. The molecule has 0 aliphatic carbocycles. The smallest absolute Gasteiger partial charge is 0.120 e. The van der Waals surface area contributed by atoms with Crippen molar-refractivity contribution in [2.24, 2.45) is 0 Å². The Morgan fingerprint density at radius 2 is 1.95 bits per heavy atom. The van der Waals surface area contributed by atoms with Gasteiger partial charge in [0.1, 0.15) is 11.5 Å². The fourth-order valence-corrected chi connectivity index (χ4v) is 1.96. The summed E-state index contributed by atoms with van der Waals surface area (Å²) in [6.45, 7) is 6.40. The average Bonchev–Trinajstić information content (AvgIpc) is 2.45. The van der Waals surface area contributed by atoms with Crippen molar-refractivity contribution in [2.45, 2.75) is 45.3 Å². The topological polar surface area (TPSA) is 61.7 Å². The predicted molar refractivity (Wildman–Crippen MR) is 76.6 cm³/mol. The number of benzene rings is 1. The minimum absolute atomic E-state index is 0.0558. The molecule has 4 heteroatoms. The highest BCUT2D eigenvalue weighted by atomic mass is 16.5. The van der Waals surface area contributed by atoms with Gasteiger partial charge in [0.2, 0.25) is 0 Å². The van der Waals surface area contributed by atoms with Gasteiger partial charge in [0, 0.05) is 18.2 Å². The maximum atomic E-state index is 10.2. The highest BCUT2D eigenvalue weighted by Gasteiger charge is 2.23. The van der Waals surface area contributed by atoms with Crippen LogP contribution in [0.2, 0.25) is 0 Å². The van der Waals surface area contributed by atoms with Crippen molar-refractivity contribution in [3.8, 4) is 11.5 Å². The molecule has 0 heterocycles. The number of methoxy groups -OCH3 is 1. The van der Waals surface area contributed by atoms with Crippen LogP contribution in [-0.2, 0) is 0 Å². The summed E-state index contributed by atoms with van der Waals surface area (Å²) in [6, 6.07) is 5.10. The lowest BCUT2D eigenvalue weighted by Crippen LogP contribution is -2.40. The molecule has 1 aromatic rings. The first-order valence-electron chi connectivity index (χ1n) is 6.78. The molecular formula is C15H25NO3. The molecular weight excluding hydrogens is 242 g/mol. The van der Waals surface area contributed by atoms with Crippen molar-refractivity contribution in [1.82, 2.24) is 5.32 Å². The normalized spacial score (nSPS) is 13.3. The molecule has 108 valence electrons. The van der Waals surface area contributed by atoms with Gasteiger partial charge in [-0.2, -0.15) is 0 Å². The van der Waals surface area contributed by atoms with E-state index >= 15 is 0 Å². The van der Waals surface area contributed by atoms with E-state index in [2.05, 4.69) is 5.32 Å². The molecule has 0 aliphatic heterocycles. The number of ether oxygens (including phenoxy) is 1. The molecule has 0 fully saturated rings. The SMILES string of the molecule is CCC(O)(CC)CNC(C)c1cc(OC)ccc1O. The third kappa shape index (κ3) is 4.11. The van der Waals surface area contributed by atoms with Gasteiger partial charge in [0.15, 0.2) is 0 Å². The number of rotatable bonds is 7. The summed E-state index contributed by atoms with van der Waals surface area (Å²) in [5.74, 6) is 0.944. The maximum absolute atomic E-state index is 10.2. The number of phenolic OH excluding ortho intramolecular Hbond substituents is 1. The lowest BCUT2D eigenvalue weighted by atomic mass is 9.96.